The minimum absolute atomic E-state index is 0.0983. The van der Waals surface area contributed by atoms with Crippen LogP contribution in [0.4, 0.5) is 0 Å². The molecule has 94 valence electrons. The van der Waals surface area contributed by atoms with Crippen molar-refractivity contribution in [1.29, 1.82) is 0 Å². The molecule has 4 heteroatoms. The molecule has 1 aliphatic heterocycles. The number of hydrogen-bond donors (Lipinski definition) is 1. The molecule has 0 amide bonds. The van der Waals surface area contributed by atoms with Gasteiger partial charge in [0.05, 0.1) is 26.4 Å². The van der Waals surface area contributed by atoms with Crippen LogP contribution >= 0.6 is 0 Å². The fourth-order valence-electron chi connectivity index (χ4n) is 2.07. The van der Waals surface area contributed by atoms with E-state index in [0.717, 1.165) is 37.6 Å². The number of ether oxygens (including phenoxy) is 2. The number of nitrogens with zero attached hydrogens (tertiary/aromatic N) is 1. The van der Waals surface area contributed by atoms with E-state index in [1.807, 2.05) is 24.3 Å². The first-order valence-corrected chi connectivity index (χ1v) is 5.92. The summed E-state index contributed by atoms with van der Waals surface area (Å²) >= 11 is 0. The Morgan fingerprint density at radius 3 is 2.82 bits per heavy atom. The molecule has 0 radical (unpaired) electrons. The second kappa shape index (κ2) is 6.00. The lowest BCUT2D eigenvalue weighted by atomic mass is 10.1. The van der Waals surface area contributed by atoms with Crippen LogP contribution in [0.5, 0.6) is 5.75 Å². The van der Waals surface area contributed by atoms with Gasteiger partial charge in [0.1, 0.15) is 5.75 Å². The van der Waals surface area contributed by atoms with Crippen LogP contribution in [0.3, 0.4) is 0 Å². The molecule has 1 aliphatic rings. The molecule has 1 heterocycles. The van der Waals surface area contributed by atoms with E-state index in [9.17, 15) is 0 Å². The molecule has 1 atom stereocenters. The number of benzene rings is 1. The molecule has 0 spiro atoms. The van der Waals surface area contributed by atoms with Gasteiger partial charge in [0.25, 0.3) is 0 Å². The molecule has 0 aromatic heterocycles. The molecule has 1 N–H and O–H groups in total. The number of aliphatic hydroxyl groups excluding tert-OH is 1. The Labute approximate surface area is 102 Å². The topological polar surface area (TPSA) is 41.9 Å². The molecule has 0 saturated carbocycles. The fraction of sp³-hybridized carbons (Fsp3) is 0.538. The van der Waals surface area contributed by atoms with E-state index < -0.39 is 0 Å². The third kappa shape index (κ3) is 3.19. The molecule has 1 fully saturated rings. The Balaban J connectivity index is 2.00. The summed E-state index contributed by atoms with van der Waals surface area (Å²) in [5.74, 6) is 0.858. The van der Waals surface area contributed by atoms with Crippen molar-refractivity contribution >= 4 is 0 Å². The summed E-state index contributed by atoms with van der Waals surface area (Å²) in [6.45, 7) is 3.38. The van der Waals surface area contributed by atoms with Crippen LogP contribution in [0.15, 0.2) is 24.3 Å². The van der Waals surface area contributed by atoms with Gasteiger partial charge in [-0.15, -0.1) is 0 Å². The molecule has 1 unspecified atom stereocenters. The number of aliphatic hydroxyl groups is 1. The van der Waals surface area contributed by atoms with Gasteiger partial charge in [-0.3, -0.25) is 4.90 Å². The van der Waals surface area contributed by atoms with Gasteiger partial charge in [-0.2, -0.15) is 0 Å². The maximum Gasteiger partial charge on any atom is 0.118 e. The van der Waals surface area contributed by atoms with E-state index in [-0.39, 0.29) is 12.7 Å². The molecular weight excluding hydrogens is 218 g/mol. The average molecular weight is 237 g/mol. The number of rotatable bonds is 4. The summed E-state index contributed by atoms with van der Waals surface area (Å²) in [6, 6.07) is 7.96. The maximum atomic E-state index is 8.94. The van der Waals surface area contributed by atoms with Crippen molar-refractivity contribution in [1.82, 2.24) is 4.90 Å². The quantitative estimate of drug-likeness (QED) is 0.850. The second-order valence-electron chi connectivity index (χ2n) is 4.16. The van der Waals surface area contributed by atoms with Crippen LogP contribution in [-0.4, -0.2) is 50.0 Å². The van der Waals surface area contributed by atoms with E-state index in [0.29, 0.717) is 0 Å². The molecule has 0 aliphatic carbocycles. The number of methoxy groups -OCH3 is 1. The normalized spacial score (nSPS) is 21.4. The zero-order valence-corrected chi connectivity index (χ0v) is 10.1. The fourth-order valence-corrected chi connectivity index (χ4v) is 2.07. The minimum atomic E-state index is 0.0983. The Kier molecular flexibility index (Phi) is 4.36. The molecule has 4 nitrogen and oxygen atoms in total. The molecule has 17 heavy (non-hydrogen) atoms. The highest BCUT2D eigenvalue weighted by Crippen LogP contribution is 2.23. The van der Waals surface area contributed by atoms with Gasteiger partial charge >= 0.3 is 0 Å². The standard InChI is InChI=1S/C13H19NO3/c1-16-12-4-2-11(3-5-12)13-10-14(6-8-15)7-9-17-13/h2-5,13,15H,6-10H2,1H3. The van der Waals surface area contributed by atoms with Crippen molar-refractivity contribution < 1.29 is 14.6 Å². The van der Waals surface area contributed by atoms with Crippen LogP contribution in [-0.2, 0) is 4.74 Å². The number of β-amino-alcohol motifs (C(OH)–C–C–N with tert-alkyl or cyclic N) is 1. The lowest BCUT2D eigenvalue weighted by Gasteiger charge is -2.32. The van der Waals surface area contributed by atoms with E-state index in [1.165, 1.54) is 0 Å². The van der Waals surface area contributed by atoms with Gasteiger partial charge in [-0.05, 0) is 17.7 Å². The van der Waals surface area contributed by atoms with Gasteiger partial charge < -0.3 is 14.6 Å². The Hall–Kier alpha value is -1.10. The lowest BCUT2D eigenvalue weighted by molar-refractivity contribution is -0.0337. The summed E-state index contributed by atoms with van der Waals surface area (Å²) in [5, 5.41) is 8.94. The Morgan fingerprint density at radius 1 is 1.41 bits per heavy atom. The van der Waals surface area contributed by atoms with Crippen LogP contribution in [0.1, 0.15) is 11.7 Å². The molecular formula is C13H19NO3. The second-order valence-corrected chi connectivity index (χ2v) is 4.16. The van der Waals surface area contributed by atoms with E-state index >= 15 is 0 Å². The van der Waals surface area contributed by atoms with Crippen molar-refractivity contribution in [2.24, 2.45) is 0 Å². The van der Waals surface area contributed by atoms with Crippen LogP contribution < -0.4 is 4.74 Å². The highest BCUT2D eigenvalue weighted by Gasteiger charge is 2.21. The summed E-state index contributed by atoms with van der Waals surface area (Å²) < 4.78 is 10.9. The van der Waals surface area contributed by atoms with Crippen molar-refractivity contribution in [3.05, 3.63) is 29.8 Å². The van der Waals surface area contributed by atoms with Crippen molar-refractivity contribution in [3.8, 4) is 5.75 Å². The van der Waals surface area contributed by atoms with E-state index in [1.54, 1.807) is 7.11 Å². The van der Waals surface area contributed by atoms with Gasteiger partial charge in [-0.1, -0.05) is 12.1 Å². The summed E-state index contributed by atoms with van der Waals surface area (Å²) in [5.41, 5.74) is 1.16. The summed E-state index contributed by atoms with van der Waals surface area (Å²) in [6.07, 6.45) is 0.0983. The molecule has 2 rings (SSSR count). The first-order valence-electron chi connectivity index (χ1n) is 5.92. The molecule has 1 saturated heterocycles. The SMILES string of the molecule is COc1ccc(C2CN(CCO)CCO2)cc1. The zero-order valence-electron chi connectivity index (χ0n) is 10.1. The third-order valence-corrected chi connectivity index (χ3v) is 3.05. The molecule has 1 aromatic rings. The van der Waals surface area contributed by atoms with Gasteiger partial charge in [0.15, 0.2) is 0 Å². The third-order valence-electron chi connectivity index (χ3n) is 3.05. The Bertz CT molecular complexity index is 337. The molecule has 1 aromatic carbocycles. The van der Waals surface area contributed by atoms with Crippen molar-refractivity contribution in [2.45, 2.75) is 6.10 Å². The average Bonchev–Trinajstić information content (AvgIpc) is 2.40. The van der Waals surface area contributed by atoms with E-state index in [4.69, 9.17) is 14.6 Å². The van der Waals surface area contributed by atoms with Crippen LogP contribution in [0.2, 0.25) is 0 Å². The van der Waals surface area contributed by atoms with Gasteiger partial charge in [0, 0.05) is 19.6 Å². The van der Waals surface area contributed by atoms with Crippen LogP contribution in [0.25, 0.3) is 0 Å². The highest BCUT2D eigenvalue weighted by molar-refractivity contribution is 5.28. The number of morpholine rings is 1. The highest BCUT2D eigenvalue weighted by atomic mass is 16.5. The lowest BCUT2D eigenvalue weighted by Crippen LogP contribution is -2.39. The smallest absolute Gasteiger partial charge is 0.118 e. The van der Waals surface area contributed by atoms with Crippen molar-refractivity contribution in [2.75, 3.05) is 40.0 Å². The van der Waals surface area contributed by atoms with Crippen molar-refractivity contribution in [3.63, 3.8) is 0 Å². The first-order chi connectivity index (χ1) is 8.33. The van der Waals surface area contributed by atoms with Gasteiger partial charge in [0.2, 0.25) is 0 Å². The zero-order chi connectivity index (χ0) is 12.1. The first kappa shape index (κ1) is 12.4. The van der Waals surface area contributed by atoms with E-state index in [2.05, 4.69) is 4.90 Å². The predicted molar refractivity (Wildman–Crippen MR) is 65.2 cm³/mol. The van der Waals surface area contributed by atoms with Crippen LogP contribution in [0, 0.1) is 0 Å². The minimum Gasteiger partial charge on any atom is -0.497 e. The predicted octanol–water partition coefficient (Wildman–Crippen LogP) is 1.06. The maximum absolute atomic E-state index is 8.94. The monoisotopic (exact) mass is 237 g/mol. The van der Waals surface area contributed by atoms with Gasteiger partial charge in [-0.25, -0.2) is 0 Å². The largest absolute Gasteiger partial charge is 0.497 e. The molecule has 0 bridgehead atoms. The summed E-state index contributed by atoms with van der Waals surface area (Å²) in [7, 11) is 1.66. The summed E-state index contributed by atoms with van der Waals surface area (Å²) in [4.78, 5) is 2.22. The number of hydrogen-bond acceptors (Lipinski definition) is 4. The Morgan fingerprint density at radius 2 is 2.18 bits per heavy atom.